The number of carbonyl (C=O) groups excluding carboxylic acids is 1. The molecule has 0 bridgehead atoms. The average Bonchev–Trinajstić information content (AvgIpc) is 2.36. The second-order valence-corrected chi connectivity index (χ2v) is 5.16. The van der Waals surface area contributed by atoms with Crippen molar-refractivity contribution in [3.8, 4) is 5.75 Å². The molecule has 1 aromatic carbocycles. The first-order valence-corrected chi connectivity index (χ1v) is 7.20. The number of rotatable bonds is 8. The number of benzene rings is 1. The lowest BCUT2D eigenvalue weighted by atomic mass is 10.3. The first-order valence-electron chi connectivity index (χ1n) is 6.05. The van der Waals surface area contributed by atoms with Gasteiger partial charge in [-0.3, -0.25) is 4.79 Å². The maximum absolute atomic E-state index is 11.5. The Bertz CT molecular complexity index is 372. The van der Waals surface area contributed by atoms with Crippen LogP contribution >= 0.6 is 11.8 Å². The highest BCUT2D eigenvalue weighted by molar-refractivity contribution is 7.99. The number of hydrogen-bond donors (Lipinski definition) is 2. The van der Waals surface area contributed by atoms with Crippen molar-refractivity contribution in [2.45, 2.75) is 13.3 Å². The zero-order chi connectivity index (χ0) is 13.2. The molecule has 100 valence electrons. The third-order valence-corrected chi connectivity index (χ3v) is 3.21. The van der Waals surface area contributed by atoms with E-state index in [1.165, 1.54) is 0 Å². The predicted octanol–water partition coefficient (Wildman–Crippen LogP) is 1.91. The normalized spacial score (nSPS) is 10.1. The van der Waals surface area contributed by atoms with Crippen LogP contribution in [0.2, 0.25) is 0 Å². The number of nitrogens with one attached hydrogen (secondary N) is 1. The van der Waals surface area contributed by atoms with Gasteiger partial charge in [0.2, 0.25) is 0 Å². The van der Waals surface area contributed by atoms with Crippen LogP contribution in [0.4, 0.5) is 5.69 Å². The quantitative estimate of drug-likeness (QED) is 0.558. The molecule has 0 aliphatic carbocycles. The van der Waals surface area contributed by atoms with Gasteiger partial charge >= 0.3 is 0 Å². The summed E-state index contributed by atoms with van der Waals surface area (Å²) in [5.41, 5.74) is 6.24. The fraction of sp³-hybridized carbons (Fsp3) is 0.462. The lowest BCUT2D eigenvalue weighted by Crippen LogP contribution is -2.29. The third-order valence-electron chi connectivity index (χ3n) is 2.22. The Morgan fingerprint density at radius 2 is 2.33 bits per heavy atom. The van der Waals surface area contributed by atoms with Gasteiger partial charge in [0.15, 0.2) is 6.61 Å². The van der Waals surface area contributed by atoms with Crippen LogP contribution in [0, 0.1) is 0 Å². The molecule has 0 fully saturated rings. The number of anilines is 1. The van der Waals surface area contributed by atoms with E-state index in [-0.39, 0.29) is 12.5 Å². The van der Waals surface area contributed by atoms with Crippen molar-refractivity contribution in [3.05, 3.63) is 24.3 Å². The standard InChI is InChI=1S/C13H20N2O2S/c1-2-18-8-4-7-15-13(16)10-17-12-6-3-5-11(14)9-12/h3,5-6,9H,2,4,7-8,10,14H2,1H3,(H,15,16). The Kier molecular flexibility index (Phi) is 7.10. The molecule has 0 atom stereocenters. The van der Waals surface area contributed by atoms with E-state index < -0.39 is 0 Å². The largest absolute Gasteiger partial charge is 0.484 e. The molecule has 0 saturated carbocycles. The summed E-state index contributed by atoms with van der Waals surface area (Å²) in [6, 6.07) is 7.05. The van der Waals surface area contributed by atoms with Crippen LogP contribution in [0.1, 0.15) is 13.3 Å². The van der Waals surface area contributed by atoms with E-state index in [0.717, 1.165) is 17.9 Å². The third kappa shape index (κ3) is 6.39. The van der Waals surface area contributed by atoms with Crippen LogP contribution in [0.5, 0.6) is 5.75 Å². The van der Waals surface area contributed by atoms with Gasteiger partial charge in [-0.05, 0) is 30.1 Å². The maximum atomic E-state index is 11.5. The fourth-order valence-electron chi connectivity index (χ4n) is 1.35. The minimum Gasteiger partial charge on any atom is -0.484 e. The molecule has 1 amide bonds. The molecule has 0 aliphatic heterocycles. The zero-order valence-electron chi connectivity index (χ0n) is 10.6. The van der Waals surface area contributed by atoms with Crippen LogP contribution in [0.25, 0.3) is 0 Å². The predicted molar refractivity (Wildman–Crippen MR) is 77.0 cm³/mol. The Morgan fingerprint density at radius 3 is 3.06 bits per heavy atom. The molecule has 0 spiro atoms. The van der Waals surface area contributed by atoms with E-state index in [9.17, 15) is 4.79 Å². The van der Waals surface area contributed by atoms with Crippen LogP contribution in [-0.2, 0) is 4.79 Å². The Balaban J connectivity index is 2.13. The molecule has 1 rings (SSSR count). The van der Waals surface area contributed by atoms with Crippen LogP contribution in [0.15, 0.2) is 24.3 Å². The van der Waals surface area contributed by atoms with Gasteiger partial charge in [0, 0.05) is 18.3 Å². The summed E-state index contributed by atoms with van der Waals surface area (Å²) >= 11 is 1.88. The smallest absolute Gasteiger partial charge is 0.257 e. The van der Waals surface area contributed by atoms with Crippen molar-refractivity contribution in [1.82, 2.24) is 5.32 Å². The molecule has 0 radical (unpaired) electrons. The highest BCUT2D eigenvalue weighted by Gasteiger charge is 2.02. The molecule has 4 nitrogen and oxygen atoms in total. The van der Waals surface area contributed by atoms with Gasteiger partial charge in [0.1, 0.15) is 5.75 Å². The van der Waals surface area contributed by atoms with Crippen molar-refractivity contribution in [1.29, 1.82) is 0 Å². The number of hydrogen-bond acceptors (Lipinski definition) is 4. The maximum Gasteiger partial charge on any atom is 0.257 e. The first-order chi connectivity index (χ1) is 8.72. The molecule has 0 saturated heterocycles. The van der Waals surface area contributed by atoms with Gasteiger partial charge in [-0.15, -0.1) is 0 Å². The number of amides is 1. The average molecular weight is 268 g/mol. The highest BCUT2D eigenvalue weighted by Crippen LogP contribution is 2.13. The molecule has 0 aliphatic rings. The second kappa shape index (κ2) is 8.69. The Morgan fingerprint density at radius 1 is 1.50 bits per heavy atom. The van der Waals surface area contributed by atoms with Crippen molar-refractivity contribution in [3.63, 3.8) is 0 Å². The van der Waals surface area contributed by atoms with Gasteiger partial charge in [-0.2, -0.15) is 11.8 Å². The van der Waals surface area contributed by atoms with Gasteiger partial charge in [-0.25, -0.2) is 0 Å². The molecule has 18 heavy (non-hydrogen) atoms. The molecule has 0 heterocycles. The summed E-state index contributed by atoms with van der Waals surface area (Å²) in [6.07, 6.45) is 0.989. The van der Waals surface area contributed by atoms with Crippen molar-refractivity contribution >= 4 is 23.4 Å². The van der Waals surface area contributed by atoms with Crippen molar-refractivity contribution in [2.24, 2.45) is 0 Å². The number of carbonyl (C=O) groups is 1. The summed E-state index contributed by atoms with van der Waals surface area (Å²) in [6.45, 7) is 2.86. The molecule has 5 heteroatoms. The van der Waals surface area contributed by atoms with Crippen molar-refractivity contribution < 1.29 is 9.53 Å². The van der Waals surface area contributed by atoms with Gasteiger partial charge in [0.05, 0.1) is 0 Å². The van der Waals surface area contributed by atoms with E-state index in [1.54, 1.807) is 24.3 Å². The molecule has 3 N–H and O–H groups in total. The zero-order valence-corrected chi connectivity index (χ0v) is 11.5. The SMILES string of the molecule is CCSCCCNC(=O)COc1cccc(N)c1. The number of ether oxygens (including phenoxy) is 1. The fourth-order valence-corrected chi connectivity index (χ4v) is 1.99. The van der Waals surface area contributed by atoms with Gasteiger partial charge < -0.3 is 15.8 Å². The van der Waals surface area contributed by atoms with Gasteiger partial charge in [0.25, 0.3) is 5.91 Å². The molecule has 0 unspecified atom stereocenters. The monoisotopic (exact) mass is 268 g/mol. The number of thioether (sulfide) groups is 1. The first kappa shape index (κ1) is 14.7. The summed E-state index contributed by atoms with van der Waals surface area (Å²) in [7, 11) is 0. The summed E-state index contributed by atoms with van der Waals surface area (Å²) in [5.74, 6) is 2.71. The van der Waals surface area contributed by atoms with E-state index in [4.69, 9.17) is 10.5 Å². The minimum absolute atomic E-state index is 0.0321. The minimum atomic E-state index is -0.0982. The number of nitrogen functional groups attached to an aromatic ring is 1. The van der Waals surface area contributed by atoms with Crippen LogP contribution in [0.3, 0.4) is 0 Å². The Hall–Kier alpha value is -1.36. The summed E-state index contributed by atoms with van der Waals surface area (Å²) in [4.78, 5) is 11.5. The second-order valence-electron chi connectivity index (χ2n) is 3.76. The van der Waals surface area contributed by atoms with Crippen molar-refractivity contribution in [2.75, 3.05) is 30.4 Å². The molecular formula is C13H20N2O2S. The van der Waals surface area contributed by atoms with Gasteiger partial charge in [-0.1, -0.05) is 13.0 Å². The topological polar surface area (TPSA) is 64.3 Å². The molecular weight excluding hydrogens is 248 g/mol. The summed E-state index contributed by atoms with van der Waals surface area (Å²) in [5, 5.41) is 2.82. The molecule has 1 aromatic rings. The highest BCUT2D eigenvalue weighted by atomic mass is 32.2. The lowest BCUT2D eigenvalue weighted by molar-refractivity contribution is -0.123. The Labute approximate surface area is 112 Å². The van der Waals surface area contributed by atoms with E-state index in [2.05, 4.69) is 12.2 Å². The van der Waals surface area contributed by atoms with E-state index in [1.807, 2.05) is 11.8 Å². The van der Waals surface area contributed by atoms with Crippen LogP contribution < -0.4 is 15.8 Å². The van der Waals surface area contributed by atoms with E-state index in [0.29, 0.717) is 18.0 Å². The lowest BCUT2D eigenvalue weighted by Gasteiger charge is -2.07. The van der Waals surface area contributed by atoms with E-state index >= 15 is 0 Å². The summed E-state index contributed by atoms with van der Waals surface area (Å²) < 4.78 is 5.33. The van der Waals surface area contributed by atoms with Crippen LogP contribution in [-0.4, -0.2) is 30.6 Å². The molecule has 0 aromatic heterocycles. The number of nitrogens with two attached hydrogens (primary N) is 1.